The molecular formula is C15H22Si. The van der Waals surface area contributed by atoms with Crippen molar-refractivity contribution in [2.45, 2.75) is 32.5 Å². The minimum atomic E-state index is -1.12. The lowest BCUT2D eigenvalue weighted by Crippen LogP contribution is -2.17. The third-order valence-corrected chi connectivity index (χ3v) is 3.59. The molecule has 0 fully saturated rings. The maximum Gasteiger partial charge on any atom is 0.0686 e. The van der Waals surface area contributed by atoms with E-state index in [1.54, 1.807) is 0 Å². The fraction of sp³-hybridized carbons (Fsp3) is 0.333. The molecule has 0 aliphatic carbocycles. The van der Waals surface area contributed by atoms with Crippen LogP contribution in [0, 0.1) is 0 Å². The van der Waals surface area contributed by atoms with Crippen molar-refractivity contribution in [2.75, 3.05) is 0 Å². The van der Waals surface area contributed by atoms with E-state index >= 15 is 0 Å². The summed E-state index contributed by atoms with van der Waals surface area (Å²) in [5.41, 5.74) is 5.41. The Morgan fingerprint density at radius 1 is 1.19 bits per heavy atom. The summed E-state index contributed by atoms with van der Waals surface area (Å²) in [7, 11) is -1.12. The molecule has 0 aromatic heterocycles. The van der Waals surface area contributed by atoms with Gasteiger partial charge in [-0.3, -0.25) is 0 Å². The van der Waals surface area contributed by atoms with Crippen molar-refractivity contribution in [3.05, 3.63) is 59.8 Å². The maximum absolute atomic E-state index is 3.85. The Hall–Kier alpha value is -1.08. The van der Waals surface area contributed by atoms with E-state index in [1.807, 2.05) is 6.08 Å². The van der Waals surface area contributed by atoms with Crippen molar-refractivity contribution in [1.29, 1.82) is 0 Å². The Morgan fingerprint density at radius 2 is 1.81 bits per heavy atom. The van der Waals surface area contributed by atoms with Gasteiger partial charge in [-0.15, -0.1) is 6.58 Å². The van der Waals surface area contributed by atoms with Crippen molar-refractivity contribution in [1.82, 2.24) is 0 Å². The second-order valence-corrected chi connectivity index (χ2v) is 10.3. The van der Waals surface area contributed by atoms with E-state index in [0.29, 0.717) is 0 Å². The molecule has 1 heteroatoms. The van der Waals surface area contributed by atoms with Gasteiger partial charge < -0.3 is 0 Å². The van der Waals surface area contributed by atoms with Crippen molar-refractivity contribution < 1.29 is 0 Å². The van der Waals surface area contributed by atoms with Crippen LogP contribution in [0.3, 0.4) is 0 Å². The van der Waals surface area contributed by atoms with Crippen molar-refractivity contribution >= 4 is 8.07 Å². The molecule has 0 radical (unpaired) electrons. The fourth-order valence-electron chi connectivity index (χ4n) is 1.84. The topological polar surface area (TPSA) is 0 Å². The van der Waals surface area contributed by atoms with Crippen molar-refractivity contribution in [2.24, 2.45) is 0 Å². The smallest absolute Gasteiger partial charge is 0.0686 e. The highest BCUT2D eigenvalue weighted by Crippen LogP contribution is 2.16. The van der Waals surface area contributed by atoms with Gasteiger partial charge in [-0.2, -0.15) is 0 Å². The van der Waals surface area contributed by atoms with Crippen LogP contribution < -0.4 is 0 Å². The molecule has 0 unspecified atom stereocenters. The van der Waals surface area contributed by atoms with E-state index in [9.17, 15) is 0 Å². The van der Waals surface area contributed by atoms with Crippen LogP contribution in [0.4, 0.5) is 0 Å². The van der Waals surface area contributed by atoms with Crippen molar-refractivity contribution in [3.8, 4) is 0 Å². The van der Waals surface area contributed by atoms with E-state index in [0.717, 1.165) is 12.8 Å². The number of allylic oxidation sites excluding steroid dienone is 2. The molecular weight excluding hydrogens is 208 g/mol. The van der Waals surface area contributed by atoms with Gasteiger partial charge in [0.25, 0.3) is 0 Å². The van der Waals surface area contributed by atoms with Gasteiger partial charge in [-0.25, -0.2) is 0 Å². The molecule has 0 bridgehead atoms. The molecule has 0 saturated carbocycles. The summed E-state index contributed by atoms with van der Waals surface area (Å²) in [6, 6.07) is 10.7. The van der Waals surface area contributed by atoms with Crippen LogP contribution >= 0.6 is 0 Å². The third-order valence-electron chi connectivity index (χ3n) is 2.32. The Bertz CT molecular complexity index is 355. The molecule has 0 amide bonds. The lowest BCUT2D eigenvalue weighted by Gasteiger charge is -2.14. The van der Waals surface area contributed by atoms with Crippen LogP contribution in [0.5, 0.6) is 0 Å². The molecule has 86 valence electrons. The van der Waals surface area contributed by atoms with Crippen LogP contribution in [0.1, 0.15) is 12.0 Å². The molecule has 0 atom stereocenters. The molecule has 0 aliphatic rings. The number of hydrogen-bond donors (Lipinski definition) is 0. The molecule has 1 aromatic rings. The summed E-state index contributed by atoms with van der Waals surface area (Å²) in [6.45, 7) is 11.0. The van der Waals surface area contributed by atoms with Crippen LogP contribution in [-0.4, -0.2) is 8.07 Å². The summed E-state index contributed by atoms with van der Waals surface area (Å²) in [6.07, 6.45) is 4.09. The quantitative estimate of drug-likeness (QED) is 0.512. The number of rotatable bonds is 5. The fourth-order valence-corrected chi connectivity index (χ4v) is 3.28. The minimum absolute atomic E-state index is 1.01. The molecule has 1 aromatic carbocycles. The zero-order valence-corrected chi connectivity index (χ0v) is 11.7. The van der Waals surface area contributed by atoms with E-state index in [4.69, 9.17) is 0 Å². The third kappa shape index (κ3) is 5.13. The van der Waals surface area contributed by atoms with E-state index in [-0.39, 0.29) is 0 Å². The lowest BCUT2D eigenvalue weighted by atomic mass is 10.0. The summed E-state index contributed by atoms with van der Waals surface area (Å²) >= 11 is 0. The summed E-state index contributed by atoms with van der Waals surface area (Å²) in [4.78, 5) is 0. The zero-order chi connectivity index (χ0) is 12.0. The molecule has 0 heterocycles. The SMILES string of the molecule is C=CC/C(=C/[Si](C)(C)C)Cc1ccccc1. The maximum atomic E-state index is 3.85. The Kier molecular flexibility index (Phi) is 4.75. The van der Waals surface area contributed by atoms with Gasteiger partial charge in [-0.05, 0) is 18.4 Å². The second kappa shape index (κ2) is 5.85. The van der Waals surface area contributed by atoms with E-state index < -0.39 is 8.07 Å². The first-order chi connectivity index (χ1) is 7.51. The number of hydrogen-bond acceptors (Lipinski definition) is 0. The standard InChI is InChI=1S/C15H22Si/c1-5-9-15(13-16(2,3)4)12-14-10-7-6-8-11-14/h5-8,10-11,13H,1,9,12H2,2-4H3/b15-13-. The van der Waals surface area contributed by atoms with E-state index in [1.165, 1.54) is 11.1 Å². The summed E-state index contributed by atoms with van der Waals surface area (Å²) in [5, 5.41) is 0. The first kappa shape index (κ1) is 13.0. The van der Waals surface area contributed by atoms with Crippen LogP contribution in [-0.2, 0) is 6.42 Å². The molecule has 0 N–H and O–H groups in total. The van der Waals surface area contributed by atoms with Gasteiger partial charge in [0.2, 0.25) is 0 Å². The number of benzene rings is 1. The first-order valence-corrected chi connectivity index (χ1v) is 9.44. The van der Waals surface area contributed by atoms with Gasteiger partial charge in [0, 0.05) is 0 Å². The highest BCUT2D eigenvalue weighted by atomic mass is 28.3. The van der Waals surface area contributed by atoms with Gasteiger partial charge in [0.1, 0.15) is 0 Å². The molecule has 0 nitrogen and oxygen atoms in total. The zero-order valence-electron chi connectivity index (χ0n) is 10.7. The Balaban J connectivity index is 2.80. The molecule has 0 aliphatic heterocycles. The first-order valence-electron chi connectivity index (χ1n) is 5.87. The van der Waals surface area contributed by atoms with Crippen LogP contribution in [0.2, 0.25) is 19.6 Å². The lowest BCUT2D eigenvalue weighted by molar-refractivity contribution is 1.07. The van der Waals surface area contributed by atoms with Gasteiger partial charge in [-0.1, -0.05) is 67.3 Å². The Labute approximate surface area is 101 Å². The highest BCUT2D eigenvalue weighted by molar-refractivity contribution is 6.81. The predicted octanol–water partition coefficient (Wildman–Crippen LogP) is 4.61. The monoisotopic (exact) mass is 230 g/mol. The average Bonchev–Trinajstić information content (AvgIpc) is 2.17. The second-order valence-electron chi connectivity index (χ2n) is 5.32. The van der Waals surface area contributed by atoms with Crippen LogP contribution in [0.25, 0.3) is 0 Å². The largest absolute Gasteiger partial charge is 0.103 e. The minimum Gasteiger partial charge on any atom is -0.103 e. The van der Waals surface area contributed by atoms with Gasteiger partial charge >= 0.3 is 0 Å². The van der Waals surface area contributed by atoms with E-state index in [2.05, 4.69) is 62.3 Å². The normalized spacial score (nSPS) is 12.6. The molecule has 16 heavy (non-hydrogen) atoms. The van der Waals surface area contributed by atoms with Gasteiger partial charge in [0.15, 0.2) is 0 Å². The molecule has 0 saturated heterocycles. The predicted molar refractivity (Wildman–Crippen MR) is 76.4 cm³/mol. The highest BCUT2D eigenvalue weighted by Gasteiger charge is 2.10. The van der Waals surface area contributed by atoms with Crippen LogP contribution in [0.15, 0.2) is 54.3 Å². The molecule has 1 rings (SSSR count). The Morgan fingerprint density at radius 3 is 2.31 bits per heavy atom. The summed E-state index contributed by atoms with van der Waals surface area (Å²) < 4.78 is 0. The van der Waals surface area contributed by atoms with Crippen molar-refractivity contribution in [3.63, 3.8) is 0 Å². The average molecular weight is 230 g/mol. The summed E-state index contributed by atoms with van der Waals surface area (Å²) in [5.74, 6) is 0. The van der Waals surface area contributed by atoms with Gasteiger partial charge in [0.05, 0.1) is 8.07 Å². The molecule has 0 spiro atoms.